The fraction of sp³-hybridized carbons (Fsp3) is 0.412. The third-order valence-corrected chi connectivity index (χ3v) is 4.52. The smallest absolute Gasteiger partial charge is 0.233 e. The Bertz CT molecular complexity index is 650. The van der Waals surface area contributed by atoms with Crippen molar-refractivity contribution in [1.82, 2.24) is 4.90 Å². The van der Waals surface area contributed by atoms with Crippen molar-refractivity contribution in [3.05, 3.63) is 36.1 Å². The molecule has 2 rings (SSSR count). The molecule has 2 N–H and O–H groups in total. The minimum absolute atomic E-state index is 0.00828. The summed E-state index contributed by atoms with van der Waals surface area (Å²) in [7, 11) is 0. The lowest BCUT2D eigenvalue weighted by atomic mass is 10.2. The van der Waals surface area contributed by atoms with E-state index in [1.807, 2.05) is 44.2 Å². The maximum absolute atomic E-state index is 12.5. The number of amides is 2. The molecule has 1 unspecified atom stereocenters. The van der Waals surface area contributed by atoms with Crippen molar-refractivity contribution in [2.75, 3.05) is 18.1 Å². The molecule has 0 aliphatic rings. The van der Waals surface area contributed by atoms with Gasteiger partial charge in [-0.1, -0.05) is 25.1 Å². The highest BCUT2D eigenvalue weighted by atomic mass is 32.2. The van der Waals surface area contributed by atoms with Crippen LogP contribution < -0.4 is 5.73 Å². The lowest BCUT2D eigenvalue weighted by Crippen LogP contribution is -2.35. The lowest BCUT2D eigenvalue weighted by molar-refractivity contribution is -0.130. The van der Waals surface area contributed by atoms with E-state index >= 15 is 0 Å². The van der Waals surface area contributed by atoms with Gasteiger partial charge in [0.2, 0.25) is 11.8 Å². The number of benzene rings is 1. The quantitative estimate of drug-likeness (QED) is 0.805. The van der Waals surface area contributed by atoms with Gasteiger partial charge in [0.25, 0.3) is 0 Å². The van der Waals surface area contributed by atoms with Crippen LogP contribution in [0.2, 0.25) is 0 Å². The largest absolute Gasteiger partial charge is 0.459 e. The second-order valence-electron chi connectivity index (χ2n) is 5.41. The topological polar surface area (TPSA) is 76.5 Å². The minimum Gasteiger partial charge on any atom is -0.459 e. The summed E-state index contributed by atoms with van der Waals surface area (Å²) in [5, 5.41) is 1.03. The number of nitrogens with zero attached hydrogens (tertiary/aromatic N) is 1. The third kappa shape index (κ3) is 4.51. The van der Waals surface area contributed by atoms with Crippen LogP contribution in [-0.4, -0.2) is 34.8 Å². The molecule has 1 aromatic carbocycles. The van der Waals surface area contributed by atoms with Crippen LogP contribution in [-0.2, 0) is 9.59 Å². The summed E-state index contributed by atoms with van der Waals surface area (Å²) in [6, 6.07) is 9.62. The molecule has 1 aromatic heterocycles. The highest BCUT2D eigenvalue weighted by molar-refractivity contribution is 8.00. The molecule has 1 atom stereocenters. The van der Waals surface area contributed by atoms with Gasteiger partial charge in [-0.15, -0.1) is 11.8 Å². The van der Waals surface area contributed by atoms with Gasteiger partial charge in [0.15, 0.2) is 0 Å². The van der Waals surface area contributed by atoms with Crippen molar-refractivity contribution in [1.29, 1.82) is 0 Å². The molecule has 6 heteroatoms. The van der Waals surface area contributed by atoms with Crippen LogP contribution in [0.3, 0.4) is 0 Å². The first kappa shape index (κ1) is 17.4. The fourth-order valence-electron chi connectivity index (χ4n) is 2.46. The molecule has 23 heavy (non-hydrogen) atoms. The van der Waals surface area contributed by atoms with Crippen LogP contribution >= 0.6 is 11.8 Å². The number of nitrogens with two attached hydrogens (primary N) is 1. The monoisotopic (exact) mass is 334 g/mol. The predicted octanol–water partition coefficient (Wildman–Crippen LogP) is 2.95. The maximum Gasteiger partial charge on any atom is 0.233 e. The summed E-state index contributed by atoms with van der Waals surface area (Å²) in [5.74, 6) is 0.757. The van der Waals surface area contributed by atoms with Crippen LogP contribution in [0.25, 0.3) is 11.0 Å². The molecule has 0 aliphatic heterocycles. The Kier molecular flexibility index (Phi) is 6.10. The lowest BCUT2D eigenvalue weighted by Gasteiger charge is -2.27. The summed E-state index contributed by atoms with van der Waals surface area (Å²) in [6.45, 7) is 4.64. The molecule has 0 bridgehead atoms. The first-order valence-electron chi connectivity index (χ1n) is 7.67. The number of hydrogen-bond acceptors (Lipinski definition) is 4. The highest BCUT2D eigenvalue weighted by Gasteiger charge is 2.23. The van der Waals surface area contributed by atoms with Gasteiger partial charge in [-0.3, -0.25) is 9.59 Å². The van der Waals surface area contributed by atoms with E-state index in [9.17, 15) is 9.59 Å². The standard InChI is InChI=1S/C17H22N2O3S/c1-3-8-19(17(21)11-23-10-16(18)20)12(2)15-9-13-6-4-5-7-14(13)22-15/h4-7,9,12H,3,8,10-11H2,1-2H3,(H2,18,20). The Morgan fingerprint density at radius 1 is 1.30 bits per heavy atom. The van der Waals surface area contributed by atoms with Crippen molar-refractivity contribution < 1.29 is 14.0 Å². The Morgan fingerprint density at radius 2 is 2.04 bits per heavy atom. The number of hydrogen-bond donors (Lipinski definition) is 1. The first-order valence-corrected chi connectivity index (χ1v) is 8.82. The van der Waals surface area contributed by atoms with E-state index in [4.69, 9.17) is 10.2 Å². The number of rotatable bonds is 8. The minimum atomic E-state index is -0.407. The number of primary amides is 1. The summed E-state index contributed by atoms with van der Waals surface area (Å²) in [6.07, 6.45) is 0.858. The molecule has 2 amide bonds. The molecule has 0 radical (unpaired) electrons. The summed E-state index contributed by atoms with van der Waals surface area (Å²) < 4.78 is 5.88. The molecule has 0 spiro atoms. The molecule has 124 valence electrons. The van der Waals surface area contributed by atoms with Crippen molar-refractivity contribution in [3.63, 3.8) is 0 Å². The van der Waals surface area contributed by atoms with Gasteiger partial charge >= 0.3 is 0 Å². The van der Waals surface area contributed by atoms with Crippen molar-refractivity contribution in [3.8, 4) is 0 Å². The van der Waals surface area contributed by atoms with Gasteiger partial charge in [0, 0.05) is 11.9 Å². The van der Waals surface area contributed by atoms with Crippen LogP contribution in [0.15, 0.2) is 34.7 Å². The van der Waals surface area contributed by atoms with E-state index in [1.54, 1.807) is 4.90 Å². The molecule has 2 aromatic rings. The fourth-order valence-corrected chi connectivity index (χ4v) is 3.10. The normalized spacial score (nSPS) is 12.3. The van der Waals surface area contributed by atoms with Crippen LogP contribution in [0.4, 0.5) is 0 Å². The van der Waals surface area contributed by atoms with E-state index in [1.165, 1.54) is 11.8 Å². The van der Waals surface area contributed by atoms with Crippen LogP contribution in [0.1, 0.15) is 32.1 Å². The predicted molar refractivity (Wildman–Crippen MR) is 93.2 cm³/mol. The summed E-state index contributed by atoms with van der Waals surface area (Å²) in [4.78, 5) is 25.0. The maximum atomic E-state index is 12.5. The van der Waals surface area contributed by atoms with Crippen molar-refractivity contribution >= 4 is 34.5 Å². The van der Waals surface area contributed by atoms with Crippen molar-refractivity contribution in [2.45, 2.75) is 26.3 Å². The van der Waals surface area contributed by atoms with Crippen molar-refractivity contribution in [2.24, 2.45) is 5.73 Å². The van der Waals surface area contributed by atoms with Crippen LogP contribution in [0.5, 0.6) is 0 Å². The second-order valence-corrected chi connectivity index (χ2v) is 6.39. The first-order chi connectivity index (χ1) is 11.0. The molecule has 5 nitrogen and oxygen atoms in total. The Hall–Kier alpha value is -1.95. The van der Waals surface area contributed by atoms with Gasteiger partial charge < -0.3 is 15.1 Å². The van der Waals surface area contributed by atoms with E-state index in [0.29, 0.717) is 6.54 Å². The van der Waals surface area contributed by atoms with Gasteiger partial charge in [-0.2, -0.15) is 0 Å². The number of carbonyl (C=O) groups excluding carboxylic acids is 2. The Balaban J connectivity index is 2.11. The highest BCUT2D eigenvalue weighted by Crippen LogP contribution is 2.28. The van der Waals surface area contributed by atoms with Gasteiger partial charge in [0.1, 0.15) is 11.3 Å². The zero-order chi connectivity index (χ0) is 16.8. The Morgan fingerprint density at radius 3 is 2.70 bits per heavy atom. The molecular weight excluding hydrogens is 312 g/mol. The van der Waals surface area contributed by atoms with Gasteiger partial charge in [0.05, 0.1) is 17.5 Å². The average Bonchev–Trinajstić information content (AvgIpc) is 2.95. The summed E-state index contributed by atoms with van der Waals surface area (Å²) in [5.41, 5.74) is 5.93. The van der Waals surface area contributed by atoms with Crippen LogP contribution in [0, 0.1) is 0 Å². The number of fused-ring (bicyclic) bond motifs is 1. The SMILES string of the molecule is CCCN(C(=O)CSCC(N)=O)C(C)c1cc2ccccc2o1. The zero-order valence-electron chi connectivity index (χ0n) is 13.5. The molecule has 0 fully saturated rings. The number of carbonyl (C=O) groups is 2. The van der Waals surface area contributed by atoms with E-state index in [2.05, 4.69) is 0 Å². The van der Waals surface area contributed by atoms with Gasteiger partial charge in [-0.25, -0.2) is 0 Å². The third-order valence-electron chi connectivity index (χ3n) is 3.58. The number of thioether (sulfide) groups is 1. The number of furan rings is 1. The molecule has 1 heterocycles. The molecule has 0 aliphatic carbocycles. The second kappa shape index (κ2) is 8.06. The van der Waals surface area contributed by atoms with E-state index in [-0.39, 0.29) is 23.5 Å². The number of para-hydroxylation sites is 1. The van der Waals surface area contributed by atoms with E-state index < -0.39 is 5.91 Å². The Labute approximate surface area is 140 Å². The van der Waals surface area contributed by atoms with Gasteiger partial charge in [-0.05, 0) is 25.5 Å². The van der Waals surface area contributed by atoms with E-state index in [0.717, 1.165) is 23.2 Å². The molecule has 0 saturated heterocycles. The molecular formula is C17H22N2O3S. The molecule has 0 saturated carbocycles. The summed E-state index contributed by atoms with van der Waals surface area (Å²) >= 11 is 1.24. The average molecular weight is 334 g/mol. The zero-order valence-corrected chi connectivity index (χ0v) is 14.3.